The molecule has 1 fully saturated rings. The van der Waals surface area contributed by atoms with E-state index >= 15 is 0 Å². The van der Waals surface area contributed by atoms with Gasteiger partial charge in [-0.25, -0.2) is 0 Å². The molecule has 106 valence electrons. The third-order valence-corrected chi connectivity index (χ3v) is 4.28. The van der Waals surface area contributed by atoms with Gasteiger partial charge in [-0.15, -0.1) is 0 Å². The topological polar surface area (TPSA) is 55.9 Å². The van der Waals surface area contributed by atoms with Crippen molar-refractivity contribution in [1.82, 2.24) is 15.2 Å². The maximum absolute atomic E-state index is 5.83. The first kappa shape index (κ1) is 13.3. The number of aryl methyl sites for hydroxylation is 2. The van der Waals surface area contributed by atoms with Gasteiger partial charge in [-0.2, -0.15) is 5.10 Å². The Morgan fingerprint density at radius 3 is 2.80 bits per heavy atom. The quantitative estimate of drug-likeness (QED) is 0.647. The normalized spacial score (nSPS) is 22.8. The maximum atomic E-state index is 5.83. The van der Waals surface area contributed by atoms with Gasteiger partial charge in [0.2, 0.25) is 0 Å². The number of rotatable bonds is 5. The number of hydrogen-bond donors (Lipinski definition) is 2. The fourth-order valence-corrected chi connectivity index (χ4v) is 3.20. The second-order valence-electron chi connectivity index (χ2n) is 5.62. The van der Waals surface area contributed by atoms with Gasteiger partial charge in [0.1, 0.15) is 0 Å². The summed E-state index contributed by atoms with van der Waals surface area (Å²) in [7, 11) is 1.97. The molecule has 1 aromatic carbocycles. The lowest BCUT2D eigenvalue weighted by molar-refractivity contribution is 0.484. The molecule has 3 N–H and O–H groups in total. The van der Waals surface area contributed by atoms with Crippen LogP contribution in [0.15, 0.2) is 36.5 Å². The number of nitrogens with one attached hydrogen (secondary N) is 1. The number of nitrogens with two attached hydrogens (primary N) is 1. The fourth-order valence-electron chi connectivity index (χ4n) is 3.20. The van der Waals surface area contributed by atoms with E-state index in [4.69, 9.17) is 5.84 Å². The van der Waals surface area contributed by atoms with E-state index in [1.165, 1.54) is 17.5 Å². The van der Waals surface area contributed by atoms with E-state index in [1.54, 1.807) is 0 Å². The molecular weight excluding hydrogens is 248 g/mol. The molecule has 1 saturated carbocycles. The van der Waals surface area contributed by atoms with E-state index in [2.05, 4.69) is 54.0 Å². The Labute approximate surface area is 120 Å². The number of nitrogens with zero attached hydrogens (tertiary/aromatic N) is 2. The highest BCUT2D eigenvalue weighted by Gasteiger charge is 2.45. The highest BCUT2D eigenvalue weighted by atomic mass is 15.3. The first-order chi connectivity index (χ1) is 9.74. The molecular formula is C16H22N4. The van der Waals surface area contributed by atoms with Crippen molar-refractivity contribution in [3.8, 4) is 0 Å². The standard InChI is InChI=1S/C16H22N4/c1-3-15-14(10-20(2)19-15)16(18-17)13-9-12(13)11-7-5-4-6-8-11/h4-8,10,12-13,16,18H,3,9,17H2,1-2H3. The van der Waals surface area contributed by atoms with Gasteiger partial charge in [0, 0.05) is 18.8 Å². The molecule has 0 radical (unpaired) electrons. The third kappa shape index (κ3) is 2.37. The van der Waals surface area contributed by atoms with Crippen LogP contribution in [0, 0.1) is 5.92 Å². The van der Waals surface area contributed by atoms with E-state index in [1.807, 2.05) is 11.7 Å². The summed E-state index contributed by atoms with van der Waals surface area (Å²) in [5.74, 6) is 7.01. The molecule has 3 rings (SSSR count). The molecule has 0 amide bonds. The minimum absolute atomic E-state index is 0.198. The van der Waals surface area contributed by atoms with Crippen LogP contribution in [0.4, 0.5) is 0 Å². The average Bonchev–Trinajstić information content (AvgIpc) is 3.17. The largest absolute Gasteiger partial charge is 0.275 e. The molecule has 0 spiro atoms. The van der Waals surface area contributed by atoms with Gasteiger partial charge in [-0.3, -0.25) is 16.0 Å². The molecule has 2 aromatic rings. The first-order valence-corrected chi connectivity index (χ1v) is 7.28. The van der Waals surface area contributed by atoms with Crippen molar-refractivity contribution in [2.75, 3.05) is 0 Å². The van der Waals surface area contributed by atoms with E-state index < -0.39 is 0 Å². The first-order valence-electron chi connectivity index (χ1n) is 7.28. The van der Waals surface area contributed by atoms with Crippen LogP contribution in [0.2, 0.25) is 0 Å². The van der Waals surface area contributed by atoms with Crippen LogP contribution >= 0.6 is 0 Å². The molecule has 0 saturated heterocycles. The number of benzene rings is 1. The highest BCUT2D eigenvalue weighted by molar-refractivity contribution is 5.31. The molecule has 1 aliphatic rings. The van der Waals surface area contributed by atoms with Crippen LogP contribution < -0.4 is 11.3 Å². The lowest BCUT2D eigenvalue weighted by atomic mass is 9.99. The second kappa shape index (κ2) is 5.38. The number of hydrogen-bond acceptors (Lipinski definition) is 3. The van der Waals surface area contributed by atoms with Crippen molar-refractivity contribution in [3.05, 3.63) is 53.3 Å². The Hall–Kier alpha value is -1.65. The van der Waals surface area contributed by atoms with Crippen LogP contribution in [0.25, 0.3) is 0 Å². The molecule has 1 aliphatic carbocycles. The van der Waals surface area contributed by atoms with E-state index in [9.17, 15) is 0 Å². The molecule has 4 heteroatoms. The SMILES string of the molecule is CCc1nn(C)cc1C(NN)C1CC1c1ccccc1. The summed E-state index contributed by atoms with van der Waals surface area (Å²) in [6, 6.07) is 10.9. The minimum Gasteiger partial charge on any atom is -0.275 e. The van der Waals surface area contributed by atoms with Crippen molar-refractivity contribution in [1.29, 1.82) is 0 Å². The zero-order valence-electron chi connectivity index (χ0n) is 12.1. The summed E-state index contributed by atoms with van der Waals surface area (Å²) in [4.78, 5) is 0. The van der Waals surface area contributed by atoms with Crippen molar-refractivity contribution in [2.24, 2.45) is 18.8 Å². The zero-order chi connectivity index (χ0) is 14.1. The van der Waals surface area contributed by atoms with Gasteiger partial charge < -0.3 is 0 Å². The Morgan fingerprint density at radius 2 is 2.15 bits per heavy atom. The van der Waals surface area contributed by atoms with Crippen molar-refractivity contribution in [3.63, 3.8) is 0 Å². The molecule has 1 heterocycles. The van der Waals surface area contributed by atoms with Crippen LogP contribution in [0.3, 0.4) is 0 Å². The minimum atomic E-state index is 0.198. The lowest BCUT2D eigenvalue weighted by Crippen LogP contribution is -2.30. The smallest absolute Gasteiger partial charge is 0.0670 e. The van der Waals surface area contributed by atoms with Gasteiger partial charge in [0.15, 0.2) is 0 Å². The lowest BCUT2D eigenvalue weighted by Gasteiger charge is -2.16. The zero-order valence-corrected chi connectivity index (χ0v) is 12.1. The number of aromatic nitrogens is 2. The maximum Gasteiger partial charge on any atom is 0.0670 e. The van der Waals surface area contributed by atoms with Gasteiger partial charge in [-0.1, -0.05) is 37.3 Å². The van der Waals surface area contributed by atoms with Gasteiger partial charge >= 0.3 is 0 Å². The summed E-state index contributed by atoms with van der Waals surface area (Å²) < 4.78 is 1.89. The summed E-state index contributed by atoms with van der Waals surface area (Å²) in [6.07, 6.45) is 4.23. The summed E-state index contributed by atoms with van der Waals surface area (Å²) in [5, 5.41) is 4.53. The molecule has 4 nitrogen and oxygen atoms in total. The van der Waals surface area contributed by atoms with E-state index in [0.717, 1.165) is 12.1 Å². The predicted molar refractivity (Wildman–Crippen MR) is 79.9 cm³/mol. The van der Waals surface area contributed by atoms with Crippen molar-refractivity contribution >= 4 is 0 Å². The Kier molecular flexibility index (Phi) is 3.59. The van der Waals surface area contributed by atoms with Crippen molar-refractivity contribution < 1.29 is 0 Å². The Balaban J connectivity index is 1.82. The van der Waals surface area contributed by atoms with Gasteiger partial charge in [-0.05, 0) is 30.2 Å². The second-order valence-corrected chi connectivity index (χ2v) is 5.62. The highest BCUT2D eigenvalue weighted by Crippen LogP contribution is 2.54. The molecule has 0 bridgehead atoms. The van der Waals surface area contributed by atoms with Crippen molar-refractivity contribution in [2.45, 2.75) is 31.7 Å². The average molecular weight is 270 g/mol. The summed E-state index contributed by atoms with van der Waals surface area (Å²) in [6.45, 7) is 2.14. The Morgan fingerprint density at radius 1 is 1.40 bits per heavy atom. The predicted octanol–water partition coefficient (Wildman–Crippen LogP) is 2.29. The van der Waals surface area contributed by atoms with Gasteiger partial charge in [0.25, 0.3) is 0 Å². The fraction of sp³-hybridized carbons (Fsp3) is 0.438. The van der Waals surface area contributed by atoms with Crippen LogP contribution in [-0.2, 0) is 13.5 Å². The number of hydrazine groups is 1. The van der Waals surface area contributed by atoms with Crippen LogP contribution in [0.1, 0.15) is 42.1 Å². The summed E-state index contributed by atoms with van der Waals surface area (Å²) >= 11 is 0. The molecule has 3 unspecified atom stereocenters. The van der Waals surface area contributed by atoms with E-state index in [-0.39, 0.29) is 6.04 Å². The molecule has 1 aromatic heterocycles. The van der Waals surface area contributed by atoms with Gasteiger partial charge in [0.05, 0.1) is 11.7 Å². The molecule has 3 atom stereocenters. The molecule has 20 heavy (non-hydrogen) atoms. The Bertz CT molecular complexity index is 575. The van der Waals surface area contributed by atoms with Crippen LogP contribution in [0.5, 0.6) is 0 Å². The van der Waals surface area contributed by atoms with Crippen LogP contribution in [-0.4, -0.2) is 9.78 Å². The third-order valence-electron chi connectivity index (χ3n) is 4.28. The van der Waals surface area contributed by atoms with E-state index in [0.29, 0.717) is 11.8 Å². The monoisotopic (exact) mass is 270 g/mol. The molecule has 0 aliphatic heterocycles. The summed E-state index contributed by atoms with van der Waals surface area (Å²) in [5.41, 5.74) is 6.83.